The molecule has 7 heteroatoms. The number of carbonyl (C=O) groups excluding carboxylic acids is 1. The monoisotopic (exact) mass is 427 g/mol. The summed E-state index contributed by atoms with van der Waals surface area (Å²) in [6.07, 6.45) is 2.25. The molecule has 1 atom stereocenters. The third-order valence-electron chi connectivity index (χ3n) is 6.08. The lowest BCUT2D eigenvalue weighted by Crippen LogP contribution is -2.57. The second-order valence-electron chi connectivity index (χ2n) is 8.09. The van der Waals surface area contributed by atoms with Crippen LogP contribution in [0.5, 0.6) is 0 Å². The van der Waals surface area contributed by atoms with E-state index in [2.05, 4.69) is 17.0 Å². The van der Waals surface area contributed by atoms with Crippen LogP contribution in [0.25, 0.3) is 0 Å². The average molecular weight is 428 g/mol. The van der Waals surface area contributed by atoms with Crippen molar-refractivity contribution in [2.24, 2.45) is 0 Å². The van der Waals surface area contributed by atoms with Gasteiger partial charge in [0.15, 0.2) is 0 Å². The number of piperazine rings is 1. The minimum Gasteiger partial charge on any atom is -0.368 e. The Balaban J connectivity index is 1.48. The Bertz CT molecular complexity index is 969. The summed E-state index contributed by atoms with van der Waals surface area (Å²) < 4.78 is 28.0. The first kappa shape index (κ1) is 20.9. The number of para-hydroxylation sites is 1. The number of benzene rings is 2. The number of hydrogen-bond acceptors (Lipinski definition) is 4. The molecule has 0 aliphatic carbocycles. The molecule has 6 nitrogen and oxygen atoms in total. The fourth-order valence-electron chi connectivity index (χ4n) is 4.32. The molecule has 30 heavy (non-hydrogen) atoms. The van der Waals surface area contributed by atoms with E-state index >= 15 is 0 Å². The molecule has 2 aliphatic rings. The maximum atomic E-state index is 13.3. The predicted octanol–water partition coefficient (Wildman–Crippen LogP) is 2.89. The number of piperidine rings is 1. The summed E-state index contributed by atoms with van der Waals surface area (Å²) in [5.41, 5.74) is 2.17. The Hall–Kier alpha value is -2.38. The van der Waals surface area contributed by atoms with Crippen LogP contribution in [0, 0.1) is 6.92 Å². The van der Waals surface area contributed by atoms with Gasteiger partial charge in [0.1, 0.15) is 6.04 Å². The molecule has 0 saturated carbocycles. The van der Waals surface area contributed by atoms with Crippen molar-refractivity contribution in [3.8, 4) is 0 Å². The number of hydrogen-bond donors (Lipinski definition) is 0. The van der Waals surface area contributed by atoms with Crippen LogP contribution < -0.4 is 4.90 Å². The van der Waals surface area contributed by atoms with Gasteiger partial charge in [-0.2, -0.15) is 4.31 Å². The Labute approximate surface area is 179 Å². The van der Waals surface area contributed by atoms with E-state index in [9.17, 15) is 13.2 Å². The highest BCUT2D eigenvalue weighted by Gasteiger charge is 2.40. The molecule has 0 bridgehead atoms. The standard InChI is InChI=1S/C23H29N3O3S/c1-19-10-12-21(13-11-19)30(28,29)26-14-6-5-9-22(26)23(27)25-17-15-24(16-18-25)20-7-3-2-4-8-20/h2-4,7-8,10-13,22H,5-6,9,14-18H2,1H3/t22-/m1/s1. The summed E-state index contributed by atoms with van der Waals surface area (Å²) >= 11 is 0. The molecular formula is C23H29N3O3S. The highest BCUT2D eigenvalue weighted by Crippen LogP contribution is 2.27. The molecule has 2 heterocycles. The highest BCUT2D eigenvalue weighted by atomic mass is 32.2. The van der Waals surface area contributed by atoms with Crippen molar-refractivity contribution >= 4 is 21.6 Å². The number of nitrogens with zero attached hydrogens (tertiary/aromatic N) is 3. The molecule has 0 radical (unpaired) electrons. The van der Waals surface area contributed by atoms with Crippen LogP contribution in [-0.4, -0.2) is 62.3 Å². The normalized spacial score (nSPS) is 20.9. The number of amides is 1. The average Bonchev–Trinajstić information content (AvgIpc) is 2.79. The Morgan fingerprint density at radius 3 is 2.20 bits per heavy atom. The smallest absolute Gasteiger partial charge is 0.243 e. The van der Waals surface area contributed by atoms with E-state index in [-0.39, 0.29) is 10.8 Å². The fourth-order valence-corrected chi connectivity index (χ4v) is 5.97. The van der Waals surface area contributed by atoms with Crippen LogP contribution in [0.3, 0.4) is 0 Å². The first-order chi connectivity index (χ1) is 14.5. The van der Waals surface area contributed by atoms with Gasteiger partial charge >= 0.3 is 0 Å². The quantitative estimate of drug-likeness (QED) is 0.753. The van der Waals surface area contributed by atoms with E-state index in [1.807, 2.05) is 30.0 Å². The molecule has 4 rings (SSSR count). The molecule has 2 saturated heterocycles. The van der Waals surface area contributed by atoms with Crippen molar-refractivity contribution in [3.63, 3.8) is 0 Å². The number of rotatable bonds is 4. The van der Waals surface area contributed by atoms with E-state index in [0.29, 0.717) is 26.1 Å². The lowest BCUT2D eigenvalue weighted by molar-refractivity contribution is -0.136. The Kier molecular flexibility index (Phi) is 6.11. The van der Waals surface area contributed by atoms with Crippen molar-refractivity contribution < 1.29 is 13.2 Å². The molecule has 0 N–H and O–H groups in total. The predicted molar refractivity (Wildman–Crippen MR) is 118 cm³/mol. The molecule has 2 fully saturated rings. The summed E-state index contributed by atoms with van der Waals surface area (Å²) in [5, 5.41) is 0. The van der Waals surface area contributed by atoms with E-state index in [4.69, 9.17) is 0 Å². The van der Waals surface area contributed by atoms with Crippen LogP contribution in [0.4, 0.5) is 5.69 Å². The van der Waals surface area contributed by atoms with Crippen LogP contribution in [-0.2, 0) is 14.8 Å². The van der Waals surface area contributed by atoms with Gasteiger partial charge in [-0.1, -0.05) is 42.3 Å². The van der Waals surface area contributed by atoms with Crippen LogP contribution in [0.1, 0.15) is 24.8 Å². The molecule has 2 aromatic rings. The van der Waals surface area contributed by atoms with Crippen molar-refractivity contribution in [1.29, 1.82) is 0 Å². The highest BCUT2D eigenvalue weighted by molar-refractivity contribution is 7.89. The molecule has 0 unspecified atom stereocenters. The van der Waals surface area contributed by atoms with Gasteiger partial charge in [-0.3, -0.25) is 4.79 Å². The minimum atomic E-state index is -3.69. The SMILES string of the molecule is Cc1ccc(S(=O)(=O)N2CCCC[C@@H]2C(=O)N2CCN(c3ccccc3)CC2)cc1. The summed E-state index contributed by atoms with van der Waals surface area (Å²) in [6.45, 7) is 5.07. The molecule has 2 aliphatic heterocycles. The topological polar surface area (TPSA) is 60.9 Å². The van der Waals surface area contributed by atoms with E-state index in [0.717, 1.165) is 37.2 Å². The third kappa shape index (κ3) is 4.23. The first-order valence-corrected chi connectivity index (χ1v) is 12.1. The zero-order valence-electron chi connectivity index (χ0n) is 17.4. The van der Waals surface area contributed by atoms with Gasteiger partial charge in [0.05, 0.1) is 4.90 Å². The van der Waals surface area contributed by atoms with Crippen LogP contribution in [0.2, 0.25) is 0 Å². The summed E-state index contributed by atoms with van der Waals surface area (Å²) in [5.74, 6) is -0.0573. The molecule has 0 aromatic heterocycles. The third-order valence-corrected chi connectivity index (χ3v) is 8.00. The van der Waals surface area contributed by atoms with Gasteiger partial charge in [0, 0.05) is 38.4 Å². The van der Waals surface area contributed by atoms with Gasteiger partial charge in [-0.05, 0) is 44.0 Å². The molecule has 2 aromatic carbocycles. The minimum absolute atomic E-state index is 0.0573. The lowest BCUT2D eigenvalue weighted by atomic mass is 10.0. The molecule has 1 amide bonds. The van der Waals surface area contributed by atoms with Crippen LogP contribution in [0.15, 0.2) is 59.5 Å². The lowest BCUT2D eigenvalue weighted by Gasteiger charge is -2.40. The fraction of sp³-hybridized carbons (Fsp3) is 0.435. The second kappa shape index (κ2) is 8.78. The Morgan fingerprint density at radius 1 is 0.867 bits per heavy atom. The Morgan fingerprint density at radius 2 is 1.53 bits per heavy atom. The first-order valence-electron chi connectivity index (χ1n) is 10.6. The maximum Gasteiger partial charge on any atom is 0.243 e. The van der Waals surface area contributed by atoms with Crippen LogP contribution >= 0.6 is 0 Å². The van der Waals surface area contributed by atoms with Gasteiger partial charge in [0.2, 0.25) is 15.9 Å². The number of carbonyl (C=O) groups is 1. The zero-order chi connectivity index (χ0) is 21.1. The molecule has 0 spiro atoms. The molecular weight excluding hydrogens is 398 g/mol. The van der Waals surface area contributed by atoms with Gasteiger partial charge in [0.25, 0.3) is 0 Å². The largest absolute Gasteiger partial charge is 0.368 e. The van der Waals surface area contributed by atoms with Gasteiger partial charge in [-0.15, -0.1) is 0 Å². The number of anilines is 1. The number of sulfonamides is 1. The second-order valence-corrected chi connectivity index (χ2v) is 9.98. The van der Waals surface area contributed by atoms with Crippen molar-refractivity contribution in [3.05, 3.63) is 60.2 Å². The maximum absolute atomic E-state index is 13.3. The summed E-state index contributed by atoms with van der Waals surface area (Å²) in [4.78, 5) is 17.7. The molecule has 160 valence electrons. The van der Waals surface area contributed by atoms with Gasteiger partial charge < -0.3 is 9.80 Å². The van der Waals surface area contributed by atoms with E-state index in [1.54, 1.807) is 24.3 Å². The van der Waals surface area contributed by atoms with Gasteiger partial charge in [-0.25, -0.2) is 8.42 Å². The number of aryl methyl sites for hydroxylation is 1. The van der Waals surface area contributed by atoms with Crippen molar-refractivity contribution in [2.75, 3.05) is 37.6 Å². The summed E-state index contributed by atoms with van der Waals surface area (Å²) in [6, 6.07) is 16.5. The van der Waals surface area contributed by atoms with Crippen molar-refractivity contribution in [1.82, 2.24) is 9.21 Å². The zero-order valence-corrected chi connectivity index (χ0v) is 18.2. The van der Waals surface area contributed by atoms with E-state index in [1.165, 1.54) is 4.31 Å². The van der Waals surface area contributed by atoms with E-state index < -0.39 is 16.1 Å². The van der Waals surface area contributed by atoms with Crippen molar-refractivity contribution in [2.45, 2.75) is 37.1 Å². The summed E-state index contributed by atoms with van der Waals surface area (Å²) in [7, 11) is -3.69.